The zero-order valence-electron chi connectivity index (χ0n) is 13.7. The maximum atomic E-state index is 12.3. The average Bonchev–Trinajstić information content (AvgIpc) is 3.03. The van der Waals surface area contributed by atoms with Gasteiger partial charge in [-0.3, -0.25) is 0 Å². The Morgan fingerprint density at radius 1 is 1.30 bits per heavy atom. The van der Waals surface area contributed by atoms with Crippen molar-refractivity contribution in [1.29, 1.82) is 0 Å². The molecule has 0 spiro atoms. The molecule has 0 N–H and O–H groups in total. The lowest BCUT2D eigenvalue weighted by Gasteiger charge is -2.16. The van der Waals surface area contributed by atoms with Crippen LogP contribution >= 0.6 is 0 Å². The zero-order valence-corrected chi connectivity index (χ0v) is 13.7. The molecule has 2 aromatic rings. The Bertz CT molecular complexity index is 693. The molecule has 1 unspecified atom stereocenters. The molecule has 1 aliphatic carbocycles. The summed E-state index contributed by atoms with van der Waals surface area (Å²) >= 11 is 0. The molecular formula is C18H22N2O3. The standard InChI is InChI=1S/C18H22N2O3/c1-3-6-16-19-17(23-20-16)12(2)22-18(21)15-10-9-13-7-4-5-8-14(13)11-15/h9-12H,3-8H2,1-2H3. The smallest absolute Gasteiger partial charge is 0.338 e. The van der Waals surface area contributed by atoms with Gasteiger partial charge in [-0.1, -0.05) is 18.1 Å². The van der Waals surface area contributed by atoms with Gasteiger partial charge in [0.1, 0.15) is 0 Å². The molecule has 0 amide bonds. The van der Waals surface area contributed by atoms with Gasteiger partial charge >= 0.3 is 5.97 Å². The van der Waals surface area contributed by atoms with Gasteiger partial charge in [0.25, 0.3) is 5.89 Å². The molecule has 1 aromatic heterocycles. The van der Waals surface area contributed by atoms with Gasteiger partial charge in [-0.05, 0) is 62.3 Å². The Morgan fingerprint density at radius 3 is 2.87 bits per heavy atom. The third kappa shape index (κ3) is 3.60. The van der Waals surface area contributed by atoms with E-state index in [2.05, 4.69) is 17.1 Å². The first-order chi connectivity index (χ1) is 11.2. The molecule has 1 aliphatic rings. The summed E-state index contributed by atoms with van der Waals surface area (Å²) in [5.74, 6) is 0.653. The number of carbonyl (C=O) groups is 1. The van der Waals surface area contributed by atoms with E-state index in [1.165, 1.54) is 24.0 Å². The molecule has 0 aliphatic heterocycles. The number of hydrogen-bond acceptors (Lipinski definition) is 5. The third-order valence-corrected chi connectivity index (χ3v) is 4.17. The van der Waals surface area contributed by atoms with Crippen LogP contribution in [0.25, 0.3) is 0 Å². The maximum Gasteiger partial charge on any atom is 0.338 e. The highest BCUT2D eigenvalue weighted by Gasteiger charge is 2.20. The second kappa shape index (κ2) is 6.94. The largest absolute Gasteiger partial charge is 0.449 e. The van der Waals surface area contributed by atoms with Gasteiger partial charge in [0.2, 0.25) is 0 Å². The summed E-state index contributed by atoms with van der Waals surface area (Å²) < 4.78 is 10.6. The van der Waals surface area contributed by atoms with E-state index in [1.54, 1.807) is 6.92 Å². The highest BCUT2D eigenvalue weighted by Crippen LogP contribution is 2.24. The first kappa shape index (κ1) is 15.7. The highest BCUT2D eigenvalue weighted by molar-refractivity contribution is 5.89. The summed E-state index contributed by atoms with van der Waals surface area (Å²) in [6.07, 6.45) is 5.71. The monoisotopic (exact) mass is 314 g/mol. The SMILES string of the molecule is CCCc1noc(C(C)OC(=O)c2ccc3c(c2)CCCC3)n1. The fourth-order valence-corrected chi connectivity index (χ4v) is 2.90. The second-order valence-corrected chi connectivity index (χ2v) is 6.04. The summed E-state index contributed by atoms with van der Waals surface area (Å²) in [6, 6.07) is 5.84. The highest BCUT2D eigenvalue weighted by atomic mass is 16.6. The number of rotatable bonds is 5. The Labute approximate surface area is 136 Å². The van der Waals surface area contributed by atoms with Crippen molar-refractivity contribution in [2.45, 2.75) is 58.5 Å². The topological polar surface area (TPSA) is 65.2 Å². The van der Waals surface area contributed by atoms with Crippen molar-refractivity contribution in [1.82, 2.24) is 10.1 Å². The number of nitrogens with zero attached hydrogens (tertiary/aromatic N) is 2. The lowest BCUT2D eigenvalue weighted by atomic mass is 9.90. The van der Waals surface area contributed by atoms with E-state index >= 15 is 0 Å². The minimum absolute atomic E-state index is 0.346. The van der Waals surface area contributed by atoms with Gasteiger partial charge in [0.05, 0.1) is 5.56 Å². The van der Waals surface area contributed by atoms with E-state index < -0.39 is 6.10 Å². The van der Waals surface area contributed by atoms with Crippen LogP contribution in [0.2, 0.25) is 0 Å². The quantitative estimate of drug-likeness (QED) is 0.785. The van der Waals surface area contributed by atoms with Gasteiger partial charge in [0.15, 0.2) is 11.9 Å². The lowest BCUT2D eigenvalue weighted by Crippen LogP contribution is -2.11. The van der Waals surface area contributed by atoms with Crippen molar-refractivity contribution in [2.24, 2.45) is 0 Å². The number of aromatic nitrogens is 2. The number of fused-ring (bicyclic) bond motifs is 1. The first-order valence-corrected chi connectivity index (χ1v) is 8.32. The molecule has 1 atom stereocenters. The van der Waals surface area contributed by atoms with Crippen molar-refractivity contribution >= 4 is 5.97 Å². The van der Waals surface area contributed by atoms with Crippen LogP contribution in [0, 0.1) is 0 Å². The molecule has 1 aromatic carbocycles. The fourth-order valence-electron chi connectivity index (χ4n) is 2.90. The summed E-state index contributed by atoms with van der Waals surface area (Å²) in [4.78, 5) is 16.6. The third-order valence-electron chi connectivity index (χ3n) is 4.17. The molecule has 3 rings (SSSR count). The molecule has 0 fully saturated rings. The Hall–Kier alpha value is -2.17. The van der Waals surface area contributed by atoms with Crippen molar-refractivity contribution in [2.75, 3.05) is 0 Å². The molecule has 1 heterocycles. The number of esters is 1. The molecule has 0 saturated heterocycles. The van der Waals surface area contributed by atoms with Crippen LogP contribution in [-0.2, 0) is 24.0 Å². The molecule has 0 bridgehead atoms. The number of aryl methyl sites for hydroxylation is 3. The van der Waals surface area contributed by atoms with Crippen molar-refractivity contribution in [3.05, 3.63) is 46.6 Å². The number of hydrogen-bond donors (Lipinski definition) is 0. The normalized spacial score (nSPS) is 15.0. The van der Waals surface area contributed by atoms with Crippen molar-refractivity contribution in [3.63, 3.8) is 0 Å². The van der Waals surface area contributed by atoms with E-state index in [0.717, 1.165) is 25.7 Å². The van der Waals surface area contributed by atoms with Gasteiger partial charge in [-0.25, -0.2) is 4.79 Å². The average molecular weight is 314 g/mol. The number of benzene rings is 1. The van der Waals surface area contributed by atoms with E-state index in [1.807, 2.05) is 18.2 Å². The predicted molar refractivity (Wildman–Crippen MR) is 85.2 cm³/mol. The van der Waals surface area contributed by atoms with Crippen LogP contribution < -0.4 is 0 Å². The molecule has 23 heavy (non-hydrogen) atoms. The lowest BCUT2D eigenvalue weighted by molar-refractivity contribution is 0.0265. The van der Waals surface area contributed by atoms with E-state index in [0.29, 0.717) is 17.3 Å². The summed E-state index contributed by atoms with van der Waals surface area (Å²) in [5, 5.41) is 3.89. The molecular weight excluding hydrogens is 292 g/mol. The maximum absolute atomic E-state index is 12.3. The van der Waals surface area contributed by atoms with Gasteiger partial charge < -0.3 is 9.26 Å². The van der Waals surface area contributed by atoms with Crippen LogP contribution in [0.3, 0.4) is 0 Å². The second-order valence-electron chi connectivity index (χ2n) is 6.04. The molecule has 122 valence electrons. The van der Waals surface area contributed by atoms with Crippen LogP contribution in [0.1, 0.15) is 72.4 Å². The van der Waals surface area contributed by atoms with E-state index in [4.69, 9.17) is 9.26 Å². The van der Waals surface area contributed by atoms with Gasteiger partial charge in [-0.2, -0.15) is 4.98 Å². The van der Waals surface area contributed by atoms with E-state index in [-0.39, 0.29) is 5.97 Å². The van der Waals surface area contributed by atoms with Gasteiger partial charge in [-0.15, -0.1) is 0 Å². The Morgan fingerprint density at radius 2 is 2.09 bits per heavy atom. The molecule has 5 heteroatoms. The van der Waals surface area contributed by atoms with Gasteiger partial charge in [0, 0.05) is 6.42 Å². The summed E-state index contributed by atoms with van der Waals surface area (Å²) in [6.45, 7) is 3.80. The number of ether oxygens (including phenoxy) is 1. The fraction of sp³-hybridized carbons (Fsp3) is 0.500. The summed E-state index contributed by atoms with van der Waals surface area (Å²) in [5.41, 5.74) is 3.20. The van der Waals surface area contributed by atoms with Crippen LogP contribution in [0.15, 0.2) is 22.7 Å². The minimum Gasteiger partial charge on any atom is -0.449 e. The molecule has 0 radical (unpaired) electrons. The van der Waals surface area contributed by atoms with E-state index in [9.17, 15) is 4.79 Å². The predicted octanol–water partition coefficient (Wildman–Crippen LogP) is 3.82. The van der Waals surface area contributed by atoms with Crippen LogP contribution in [0.4, 0.5) is 0 Å². The Balaban J connectivity index is 1.68. The summed E-state index contributed by atoms with van der Waals surface area (Å²) in [7, 11) is 0. The molecule has 0 saturated carbocycles. The first-order valence-electron chi connectivity index (χ1n) is 8.32. The Kier molecular flexibility index (Phi) is 4.74. The van der Waals surface area contributed by atoms with Crippen LogP contribution in [0.5, 0.6) is 0 Å². The van der Waals surface area contributed by atoms with Crippen molar-refractivity contribution in [3.8, 4) is 0 Å². The minimum atomic E-state index is -0.545. The molecule has 5 nitrogen and oxygen atoms in total. The zero-order chi connectivity index (χ0) is 16.2. The van der Waals surface area contributed by atoms with Crippen molar-refractivity contribution < 1.29 is 14.1 Å². The van der Waals surface area contributed by atoms with Crippen LogP contribution in [-0.4, -0.2) is 16.1 Å². The number of carbonyl (C=O) groups excluding carboxylic acids is 1.